The molecule has 0 aliphatic carbocycles. The molecule has 0 aliphatic rings. The van der Waals surface area contributed by atoms with Crippen molar-refractivity contribution in [2.75, 3.05) is 18.4 Å². The van der Waals surface area contributed by atoms with Crippen LogP contribution in [0.3, 0.4) is 0 Å². The predicted octanol–water partition coefficient (Wildman–Crippen LogP) is 1.16. The van der Waals surface area contributed by atoms with Crippen LogP contribution in [-0.2, 0) is 4.79 Å². The molecule has 4 nitrogen and oxygen atoms in total. The van der Waals surface area contributed by atoms with Crippen LogP contribution in [0.25, 0.3) is 0 Å². The van der Waals surface area contributed by atoms with Gasteiger partial charge in [-0.1, -0.05) is 0 Å². The summed E-state index contributed by atoms with van der Waals surface area (Å²) in [4.78, 5) is 11.0. The molecule has 0 heterocycles. The largest absolute Gasteiger partial charge is 0.374 e. The highest BCUT2D eigenvalue weighted by molar-refractivity contribution is 5.80. The molecule has 1 aromatic rings. The summed E-state index contributed by atoms with van der Waals surface area (Å²) < 4.78 is 38.6. The first-order valence-corrected chi connectivity index (χ1v) is 4.56. The van der Waals surface area contributed by atoms with Gasteiger partial charge in [-0.25, -0.2) is 13.2 Å². The number of carbonyl (C=O) groups excluding carboxylic acids is 1. The van der Waals surface area contributed by atoms with Gasteiger partial charge in [-0.15, -0.1) is 0 Å². The first kappa shape index (κ1) is 12.8. The highest BCUT2D eigenvalue weighted by atomic mass is 19.2. The number of carbonyl (C=O) groups is 1. The maximum Gasteiger partial charge on any atom is 0.240 e. The molecule has 2 N–H and O–H groups in total. The third-order valence-electron chi connectivity index (χ3n) is 1.80. The fraction of sp³-hybridized carbons (Fsp3) is 0.200. The lowest BCUT2D eigenvalue weighted by Gasteiger charge is -2.07. The van der Waals surface area contributed by atoms with E-state index < -0.39 is 29.0 Å². The number of hydrogen-bond donors (Lipinski definition) is 2. The molecule has 0 spiro atoms. The highest BCUT2D eigenvalue weighted by Gasteiger charge is 2.11. The third-order valence-corrected chi connectivity index (χ3v) is 1.80. The van der Waals surface area contributed by atoms with Crippen molar-refractivity contribution in [3.05, 3.63) is 29.6 Å². The summed E-state index contributed by atoms with van der Waals surface area (Å²) in [5.74, 6) is -4.15. The van der Waals surface area contributed by atoms with Crippen LogP contribution in [-0.4, -0.2) is 19.0 Å². The van der Waals surface area contributed by atoms with Crippen molar-refractivity contribution in [1.82, 2.24) is 5.32 Å². The van der Waals surface area contributed by atoms with Gasteiger partial charge in [-0.05, 0) is 0 Å². The molecule has 1 aromatic carbocycles. The minimum Gasteiger partial charge on any atom is -0.374 e. The van der Waals surface area contributed by atoms with Crippen LogP contribution in [0.15, 0.2) is 12.1 Å². The van der Waals surface area contributed by atoms with Crippen molar-refractivity contribution in [2.24, 2.45) is 0 Å². The van der Waals surface area contributed by atoms with Gasteiger partial charge in [-0.2, -0.15) is 5.26 Å². The zero-order valence-corrected chi connectivity index (χ0v) is 8.56. The molecule has 17 heavy (non-hydrogen) atoms. The highest BCUT2D eigenvalue weighted by Crippen LogP contribution is 2.18. The summed E-state index contributed by atoms with van der Waals surface area (Å²) in [6.45, 7) is -0.581. The van der Waals surface area contributed by atoms with Crippen LogP contribution in [0.1, 0.15) is 0 Å². The fourth-order valence-corrected chi connectivity index (χ4v) is 1.06. The molecular formula is C10H8F3N3O. The fourth-order valence-electron chi connectivity index (χ4n) is 1.06. The lowest BCUT2D eigenvalue weighted by Crippen LogP contribution is -2.30. The molecule has 1 rings (SSSR count). The Hall–Kier alpha value is -2.23. The minimum absolute atomic E-state index is 0.194. The average Bonchev–Trinajstić information content (AvgIpc) is 2.29. The Bertz CT molecular complexity index is 471. The number of amides is 1. The molecule has 0 atom stereocenters. The maximum absolute atomic E-state index is 13.1. The number of anilines is 1. The average molecular weight is 243 g/mol. The van der Waals surface area contributed by atoms with Crippen molar-refractivity contribution in [2.45, 2.75) is 0 Å². The molecule has 7 heteroatoms. The van der Waals surface area contributed by atoms with E-state index in [4.69, 9.17) is 5.26 Å². The van der Waals surface area contributed by atoms with Crippen LogP contribution in [0, 0.1) is 28.8 Å². The monoisotopic (exact) mass is 243 g/mol. The summed E-state index contributed by atoms with van der Waals surface area (Å²) >= 11 is 0. The van der Waals surface area contributed by atoms with E-state index in [-0.39, 0.29) is 13.1 Å². The first-order valence-electron chi connectivity index (χ1n) is 4.56. The molecule has 0 aromatic heterocycles. The maximum atomic E-state index is 13.1. The van der Waals surface area contributed by atoms with E-state index in [0.717, 1.165) is 6.07 Å². The second kappa shape index (κ2) is 5.75. The van der Waals surface area contributed by atoms with Crippen LogP contribution < -0.4 is 10.6 Å². The molecule has 0 saturated heterocycles. The first-order chi connectivity index (χ1) is 8.04. The van der Waals surface area contributed by atoms with E-state index in [9.17, 15) is 18.0 Å². The second-order valence-corrected chi connectivity index (χ2v) is 3.04. The van der Waals surface area contributed by atoms with Crippen molar-refractivity contribution in [1.29, 1.82) is 5.26 Å². The molecule has 1 amide bonds. The van der Waals surface area contributed by atoms with Crippen molar-refractivity contribution in [3.8, 4) is 6.07 Å². The van der Waals surface area contributed by atoms with Crippen molar-refractivity contribution < 1.29 is 18.0 Å². The Morgan fingerprint density at radius 1 is 1.35 bits per heavy atom. The third kappa shape index (κ3) is 3.68. The van der Waals surface area contributed by atoms with Gasteiger partial charge < -0.3 is 10.6 Å². The molecule has 90 valence electrons. The Morgan fingerprint density at radius 2 is 2.06 bits per heavy atom. The standard InChI is InChI=1S/C10H8F3N3O/c11-6-3-7(12)10(13)8(4-6)16-5-9(17)15-2-1-14/h3-4,16H,2,5H2,(H,15,17). The van der Waals surface area contributed by atoms with Gasteiger partial charge in [0.1, 0.15) is 12.4 Å². The summed E-state index contributed by atoms with van der Waals surface area (Å²) in [7, 11) is 0. The SMILES string of the molecule is N#CCNC(=O)CNc1cc(F)cc(F)c1F. The summed E-state index contributed by atoms with van der Waals surface area (Å²) in [5.41, 5.74) is -0.449. The lowest BCUT2D eigenvalue weighted by molar-refractivity contribution is -0.119. The Labute approximate surface area is 95.0 Å². The topological polar surface area (TPSA) is 64.9 Å². The number of benzene rings is 1. The van der Waals surface area contributed by atoms with Gasteiger partial charge in [-0.3, -0.25) is 4.79 Å². The normalized spacial score (nSPS) is 9.53. The quantitative estimate of drug-likeness (QED) is 0.616. The molecule has 0 radical (unpaired) electrons. The van der Waals surface area contributed by atoms with Crippen molar-refractivity contribution in [3.63, 3.8) is 0 Å². The van der Waals surface area contributed by atoms with E-state index in [2.05, 4.69) is 10.6 Å². The number of halogens is 3. The zero-order valence-electron chi connectivity index (χ0n) is 8.56. The number of hydrogen-bond acceptors (Lipinski definition) is 3. The summed E-state index contributed by atoms with van der Waals surface area (Å²) in [5, 5.41) is 12.6. The molecule has 0 unspecified atom stereocenters. The van der Waals surface area contributed by atoms with Crippen LogP contribution in [0.5, 0.6) is 0 Å². The van der Waals surface area contributed by atoms with Crippen LogP contribution in [0.4, 0.5) is 18.9 Å². The predicted molar refractivity (Wildman–Crippen MR) is 53.4 cm³/mol. The van der Waals surface area contributed by atoms with E-state index in [1.807, 2.05) is 0 Å². The number of nitrogens with one attached hydrogen (secondary N) is 2. The summed E-state index contributed by atoms with van der Waals surface area (Å²) in [6.07, 6.45) is 0. The Kier molecular flexibility index (Phi) is 4.34. The number of nitrogens with zero attached hydrogens (tertiary/aromatic N) is 1. The van der Waals surface area contributed by atoms with Gasteiger partial charge in [0.2, 0.25) is 5.91 Å². The molecule has 0 bridgehead atoms. The van der Waals surface area contributed by atoms with Gasteiger partial charge >= 0.3 is 0 Å². The van der Waals surface area contributed by atoms with E-state index in [1.165, 1.54) is 0 Å². The molecular weight excluding hydrogens is 235 g/mol. The smallest absolute Gasteiger partial charge is 0.240 e. The number of rotatable bonds is 4. The van der Waals surface area contributed by atoms with E-state index in [1.54, 1.807) is 6.07 Å². The van der Waals surface area contributed by atoms with Gasteiger partial charge in [0, 0.05) is 12.1 Å². The minimum atomic E-state index is -1.34. The molecule has 0 saturated carbocycles. The number of nitriles is 1. The summed E-state index contributed by atoms with van der Waals surface area (Å²) in [6, 6.07) is 2.80. The van der Waals surface area contributed by atoms with Crippen molar-refractivity contribution >= 4 is 11.6 Å². The van der Waals surface area contributed by atoms with E-state index in [0.29, 0.717) is 6.07 Å². The van der Waals surface area contributed by atoms with Crippen LogP contribution in [0.2, 0.25) is 0 Å². The molecule has 0 fully saturated rings. The molecule has 0 aliphatic heterocycles. The Morgan fingerprint density at radius 3 is 2.71 bits per heavy atom. The lowest BCUT2D eigenvalue weighted by atomic mass is 10.3. The van der Waals surface area contributed by atoms with Gasteiger partial charge in [0.15, 0.2) is 11.6 Å². The Balaban J connectivity index is 2.64. The second-order valence-electron chi connectivity index (χ2n) is 3.04. The zero-order chi connectivity index (χ0) is 12.8. The van der Waals surface area contributed by atoms with Crippen LogP contribution >= 0.6 is 0 Å². The van der Waals surface area contributed by atoms with Gasteiger partial charge in [0.25, 0.3) is 0 Å². The van der Waals surface area contributed by atoms with Gasteiger partial charge in [0.05, 0.1) is 18.3 Å². The van der Waals surface area contributed by atoms with E-state index >= 15 is 0 Å².